The van der Waals surface area contributed by atoms with Gasteiger partial charge in [0.25, 0.3) is 0 Å². The van der Waals surface area contributed by atoms with Gasteiger partial charge in [0, 0.05) is 38.9 Å². The smallest absolute Gasteiger partial charge is 0.419 e. The number of rotatable bonds is 7. The molecule has 1 heterocycles. The first kappa shape index (κ1) is 20.6. The van der Waals surface area contributed by atoms with E-state index in [1.54, 1.807) is 10.9 Å². The number of nitrogens with zero attached hydrogens (tertiary/aromatic N) is 4. The minimum absolute atomic E-state index is 0.0444. The Kier molecular flexibility index (Phi) is 7.09. The van der Waals surface area contributed by atoms with Crippen LogP contribution in [0, 0.1) is 0 Å². The number of guanidine groups is 1. The van der Waals surface area contributed by atoms with Crippen molar-refractivity contribution in [2.24, 2.45) is 12.0 Å². The summed E-state index contributed by atoms with van der Waals surface area (Å²) in [4.78, 5) is 6.34. The molecule has 0 bridgehead atoms. The molecule has 0 amide bonds. The van der Waals surface area contributed by atoms with Crippen molar-refractivity contribution >= 4 is 5.96 Å². The van der Waals surface area contributed by atoms with E-state index in [4.69, 9.17) is 4.74 Å². The van der Waals surface area contributed by atoms with Crippen LogP contribution in [0.15, 0.2) is 41.7 Å². The van der Waals surface area contributed by atoms with E-state index in [1.165, 1.54) is 18.2 Å². The molecule has 1 aromatic heterocycles. The minimum atomic E-state index is -4.45. The summed E-state index contributed by atoms with van der Waals surface area (Å²) >= 11 is 0. The number of halogens is 3. The predicted octanol–water partition coefficient (Wildman–Crippen LogP) is 2.92. The third kappa shape index (κ3) is 6.19. The van der Waals surface area contributed by atoms with E-state index in [0.717, 1.165) is 11.6 Å². The Labute approximate surface area is 156 Å². The number of nitrogens with one attached hydrogen (secondary N) is 1. The highest BCUT2D eigenvalue weighted by atomic mass is 19.4. The summed E-state index contributed by atoms with van der Waals surface area (Å²) in [5, 5.41) is 7.29. The Balaban J connectivity index is 1.95. The molecule has 0 aliphatic rings. The van der Waals surface area contributed by atoms with Crippen LogP contribution in [0.3, 0.4) is 0 Å². The second-order valence-corrected chi connectivity index (χ2v) is 5.96. The lowest BCUT2D eigenvalue weighted by atomic mass is 10.2. The van der Waals surface area contributed by atoms with Crippen molar-refractivity contribution < 1.29 is 17.9 Å². The molecule has 148 valence electrons. The van der Waals surface area contributed by atoms with Crippen molar-refractivity contribution in [1.29, 1.82) is 0 Å². The van der Waals surface area contributed by atoms with Gasteiger partial charge in [0.2, 0.25) is 0 Å². The van der Waals surface area contributed by atoms with Crippen LogP contribution < -0.4 is 10.1 Å². The maximum Gasteiger partial charge on any atom is 0.419 e. The minimum Gasteiger partial charge on any atom is -0.491 e. The van der Waals surface area contributed by atoms with Crippen LogP contribution in [-0.4, -0.2) is 47.4 Å². The third-order valence-corrected chi connectivity index (χ3v) is 3.68. The Morgan fingerprint density at radius 2 is 2.07 bits per heavy atom. The Morgan fingerprint density at radius 3 is 2.70 bits per heavy atom. The summed E-state index contributed by atoms with van der Waals surface area (Å²) in [6.07, 6.45) is -0.757. The van der Waals surface area contributed by atoms with Gasteiger partial charge in [-0.2, -0.15) is 18.3 Å². The number of aromatic nitrogens is 2. The van der Waals surface area contributed by atoms with Gasteiger partial charge in [-0.3, -0.25) is 4.68 Å². The van der Waals surface area contributed by atoms with Gasteiger partial charge in [-0.25, -0.2) is 4.99 Å². The zero-order chi connectivity index (χ0) is 19.9. The van der Waals surface area contributed by atoms with Crippen molar-refractivity contribution in [2.75, 3.05) is 26.7 Å². The lowest BCUT2D eigenvalue weighted by molar-refractivity contribution is -0.138. The van der Waals surface area contributed by atoms with Gasteiger partial charge in [0.1, 0.15) is 12.4 Å². The zero-order valence-corrected chi connectivity index (χ0v) is 15.6. The van der Waals surface area contributed by atoms with Crippen LogP contribution in [-0.2, 0) is 19.8 Å². The maximum absolute atomic E-state index is 13.0. The van der Waals surface area contributed by atoms with E-state index in [2.05, 4.69) is 15.4 Å². The van der Waals surface area contributed by atoms with E-state index in [-0.39, 0.29) is 18.9 Å². The molecular weight excluding hydrogens is 359 g/mol. The molecule has 27 heavy (non-hydrogen) atoms. The van der Waals surface area contributed by atoms with Crippen molar-refractivity contribution in [3.8, 4) is 5.75 Å². The fraction of sp³-hybridized carbons (Fsp3) is 0.444. The average Bonchev–Trinajstić information content (AvgIpc) is 3.02. The Hall–Kier alpha value is -2.71. The van der Waals surface area contributed by atoms with Crippen molar-refractivity contribution in [3.63, 3.8) is 0 Å². The third-order valence-electron chi connectivity index (χ3n) is 3.68. The zero-order valence-electron chi connectivity index (χ0n) is 15.6. The van der Waals surface area contributed by atoms with Crippen LogP contribution in [0.5, 0.6) is 5.75 Å². The number of benzene rings is 1. The summed E-state index contributed by atoms with van der Waals surface area (Å²) in [6.45, 7) is 3.50. The lowest BCUT2D eigenvalue weighted by Crippen LogP contribution is -2.38. The SMILES string of the molecule is CCNC(=NCCOc1ccccc1C(F)(F)F)N(C)Cc1cnn(C)c1. The Bertz CT molecular complexity index is 757. The standard InChI is InChI=1S/C18H24F3N5O/c1-4-22-17(25(2)12-14-11-24-26(3)13-14)23-9-10-27-16-8-6-5-7-15(16)18(19,20)21/h5-8,11,13H,4,9-10,12H2,1-3H3,(H,22,23). The molecule has 9 heteroatoms. The average molecular weight is 383 g/mol. The van der Waals surface area contributed by atoms with Gasteiger partial charge in [-0.05, 0) is 19.1 Å². The van der Waals surface area contributed by atoms with Crippen molar-refractivity contribution in [2.45, 2.75) is 19.6 Å². The predicted molar refractivity (Wildman–Crippen MR) is 97.6 cm³/mol. The summed E-state index contributed by atoms with van der Waals surface area (Å²) in [5.41, 5.74) is 0.246. The largest absolute Gasteiger partial charge is 0.491 e. The van der Waals surface area contributed by atoms with E-state index in [0.29, 0.717) is 19.0 Å². The number of ether oxygens (including phenoxy) is 1. The van der Waals surface area contributed by atoms with Gasteiger partial charge in [-0.1, -0.05) is 12.1 Å². The first-order valence-corrected chi connectivity index (χ1v) is 8.57. The molecule has 0 radical (unpaired) electrons. The molecule has 2 rings (SSSR count). The molecule has 0 saturated carbocycles. The highest BCUT2D eigenvalue weighted by Gasteiger charge is 2.33. The highest BCUT2D eigenvalue weighted by Crippen LogP contribution is 2.35. The van der Waals surface area contributed by atoms with Crippen LogP contribution >= 0.6 is 0 Å². The monoisotopic (exact) mass is 383 g/mol. The first-order chi connectivity index (χ1) is 12.8. The number of hydrogen-bond donors (Lipinski definition) is 1. The fourth-order valence-corrected chi connectivity index (χ4v) is 2.51. The van der Waals surface area contributed by atoms with E-state index >= 15 is 0 Å². The number of hydrogen-bond acceptors (Lipinski definition) is 3. The topological polar surface area (TPSA) is 54.7 Å². The molecule has 1 N–H and O–H groups in total. The van der Waals surface area contributed by atoms with Gasteiger partial charge >= 0.3 is 6.18 Å². The molecule has 0 fully saturated rings. The molecule has 0 aliphatic carbocycles. The number of aryl methyl sites for hydroxylation is 1. The quantitative estimate of drug-likeness (QED) is 0.454. The van der Waals surface area contributed by atoms with Gasteiger partial charge in [0.05, 0.1) is 18.3 Å². The van der Waals surface area contributed by atoms with Crippen LogP contribution in [0.1, 0.15) is 18.1 Å². The molecule has 0 spiro atoms. The van der Waals surface area contributed by atoms with E-state index < -0.39 is 11.7 Å². The van der Waals surface area contributed by atoms with Crippen molar-refractivity contribution in [1.82, 2.24) is 20.0 Å². The van der Waals surface area contributed by atoms with E-state index in [1.807, 2.05) is 32.1 Å². The van der Waals surface area contributed by atoms with Crippen LogP contribution in [0.25, 0.3) is 0 Å². The van der Waals surface area contributed by atoms with Gasteiger partial charge < -0.3 is 15.0 Å². The lowest BCUT2D eigenvalue weighted by Gasteiger charge is -2.21. The normalized spacial score (nSPS) is 12.1. The van der Waals surface area contributed by atoms with E-state index in [9.17, 15) is 13.2 Å². The molecule has 0 unspecified atom stereocenters. The molecule has 6 nitrogen and oxygen atoms in total. The van der Waals surface area contributed by atoms with Gasteiger partial charge in [-0.15, -0.1) is 0 Å². The second kappa shape index (κ2) is 9.29. The first-order valence-electron chi connectivity index (χ1n) is 8.57. The summed E-state index contributed by atoms with van der Waals surface area (Å²) < 4.78 is 45.9. The molecule has 1 aromatic carbocycles. The summed E-state index contributed by atoms with van der Waals surface area (Å²) in [5.74, 6) is 0.461. The summed E-state index contributed by atoms with van der Waals surface area (Å²) in [6, 6.07) is 5.17. The molecular formula is C18H24F3N5O. The fourth-order valence-electron chi connectivity index (χ4n) is 2.51. The highest BCUT2D eigenvalue weighted by molar-refractivity contribution is 5.79. The molecule has 0 saturated heterocycles. The number of alkyl halides is 3. The van der Waals surface area contributed by atoms with Crippen LogP contribution in [0.4, 0.5) is 13.2 Å². The molecule has 2 aromatic rings. The van der Waals surface area contributed by atoms with Crippen molar-refractivity contribution in [3.05, 3.63) is 47.8 Å². The maximum atomic E-state index is 13.0. The summed E-state index contributed by atoms with van der Waals surface area (Å²) in [7, 11) is 3.73. The number of para-hydroxylation sites is 1. The second-order valence-electron chi connectivity index (χ2n) is 5.96. The number of aliphatic imine (C=N–C) groups is 1. The van der Waals surface area contributed by atoms with Gasteiger partial charge in [0.15, 0.2) is 5.96 Å². The molecule has 0 aliphatic heterocycles. The van der Waals surface area contributed by atoms with Crippen LogP contribution in [0.2, 0.25) is 0 Å². The Morgan fingerprint density at radius 1 is 1.33 bits per heavy atom. The molecule has 0 atom stereocenters.